The fourth-order valence-corrected chi connectivity index (χ4v) is 2.75. The molecule has 2 amide bonds. The average Bonchev–Trinajstić information content (AvgIpc) is 2.83. The summed E-state index contributed by atoms with van der Waals surface area (Å²) in [6.45, 7) is 9.44. The van der Waals surface area contributed by atoms with Crippen molar-refractivity contribution in [1.82, 2.24) is 5.32 Å². The molecule has 1 aliphatic heterocycles. The van der Waals surface area contributed by atoms with Crippen molar-refractivity contribution < 1.29 is 9.59 Å². The van der Waals surface area contributed by atoms with Crippen LogP contribution in [0.5, 0.6) is 0 Å². The molecule has 120 valence electrons. The normalized spacial score (nSPS) is 18.1. The molecule has 1 aromatic rings. The molecule has 0 radical (unpaired) electrons. The number of benzene rings is 1. The number of anilines is 1. The Balaban J connectivity index is 2.01. The predicted octanol–water partition coefficient (Wildman–Crippen LogP) is 2.82. The molecule has 0 bridgehead atoms. The van der Waals surface area contributed by atoms with Crippen molar-refractivity contribution in [3.8, 4) is 0 Å². The summed E-state index contributed by atoms with van der Waals surface area (Å²) in [6.07, 6.45) is 1.27. The molecule has 0 aromatic heterocycles. The summed E-state index contributed by atoms with van der Waals surface area (Å²) in [5.74, 6) is 0.371. The first-order valence-corrected chi connectivity index (χ1v) is 8.03. The highest BCUT2D eigenvalue weighted by molar-refractivity contribution is 6.00. The maximum Gasteiger partial charge on any atom is 0.227 e. The number of aryl methyl sites for hydroxylation is 2. The smallest absolute Gasteiger partial charge is 0.227 e. The Hall–Kier alpha value is -1.84. The number of carbonyl (C=O) groups is 2. The fraction of sp³-hybridized carbons (Fsp3) is 0.556. The van der Waals surface area contributed by atoms with E-state index in [0.29, 0.717) is 25.4 Å². The number of rotatable bonds is 5. The molecule has 1 aromatic carbocycles. The molecule has 1 atom stereocenters. The predicted molar refractivity (Wildman–Crippen MR) is 88.8 cm³/mol. The third-order valence-corrected chi connectivity index (χ3v) is 4.17. The summed E-state index contributed by atoms with van der Waals surface area (Å²) in [6, 6.07) is 6.08. The Morgan fingerprint density at radius 3 is 2.77 bits per heavy atom. The number of hydrogen-bond donors (Lipinski definition) is 1. The van der Waals surface area contributed by atoms with Crippen molar-refractivity contribution in [2.75, 3.05) is 18.0 Å². The number of carbonyl (C=O) groups excluding carboxylic acids is 2. The molecule has 22 heavy (non-hydrogen) atoms. The van der Waals surface area contributed by atoms with Gasteiger partial charge in [0.05, 0.1) is 5.92 Å². The molecule has 4 heteroatoms. The highest BCUT2D eigenvalue weighted by Gasteiger charge is 2.35. The maximum absolute atomic E-state index is 12.3. The molecular weight excluding hydrogens is 276 g/mol. The zero-order valence-corrected chi connectivity index (χ0v) is 14.0. The quantitative estimate of drug-likeness (QED) is 0.909. The lowest BCUT2D eigenvalue weighted by Crippen LogP contribution is -2.34. The van der Waals surface area contributed by atoms with Gasteiger partial charge in [-0.1, -0.05) is 26.0 Å². The largest absolute Gasteiger partial charge is 0.356 e. The summed E-state index contributed by atoms with van der Waals surface area (Å²) in [5.41, 5.74) is 3.13. The van der Waals surface area contributed by atoms with E-state index in [1.165, 1.54) is 0 Å². The topological polar surface area (TPSA) is 49.4 Å². The Morgan fingerprint density at radius 2 is 2.09 bits per heavy atom. The van der Waals surface area contributed by atoms with Gasteiger partial charge in [-0.3, -0.25) is 9.59 Å². The van der Waals surface area contributed by atoms with E-state index in [0.717, 1.165) is 23.2 Å². The van der Waals surface area contributed by atoms with E-state index >= 15 is 0 Å². The summed E-state index contributed by atoms with van der Waals surface area (Å²) in [4.78, 5) is 26.3. The molecule has 2 rings (SSSR count). The highest BCUT2D eigenvalue weighted by atomic mass is 16.2. The molecule has 1 unspecified atom stereocenters. The van der Waals surface area contributed by atoms with E-state index < -0.39 is 0 Å². The van der Waals surface area contributed by atoms with Gasteiger partial charge in [0.25, 0.3) is 0 Å². The van der Waals surface area contributed by atoms with Gasteiger partial charge in [-0.25, -0.2) is 0 Å². The third kappa shape index (κ3) is 3.87. The average molecular weight is 302 g/mol. The van der Waals surface area contributed by atoms with Crippen molar-refractivity contribution in [2.45, 2.75) is 40.5 Å². The van der Waals surface area contributed by atoms with Gasteiger partial charge in [0, 0.05) is 25.2 Å². The van der Waals surface area contributed by atoms with Gasteiger partial charge in [-0.2, -0.15) is 0 Å². The number of amides is 2. The molecule has 0 saturated carbocycles. The van der Waals surface area contributed by atoms with Crippen LogP contribution >= 0.6 is 0 Å². The minimum absolute atomic E-state index is 0.00167. The summed E-state index contributed by atoms with van der Waals surface area (Å²) < 4.78 is 0. The molecule has 4 nitrogen and oxygen atoms in total. The van der Waals surface area contributed by atoms with Crippen molar-refractivity contribution in [2.24, 2.45) is 11.8 Å². The van der Waals surface area contributed by atoms with Crippen LogP contribution in [-0.2, 0) is 9.59 Å². The number of hydrogen-bond acceptors (Lipinski definition) is 2. The second-order valence-electron chi connectivity index (χ2n) is 6.67. The van der Waals surface area contributed by atoms with Crippen LogP contribution in [0.25, 0.3) is 0 Å². The van der Waals surface area contributed by atoms with E-state index in [4.69, 9.17) is 0 Å². The van der Waals surface area contributed by atoms with Crippen LogP contribution in [0.3, 0.4) is 0 Å². The first kappa shape index (κ1) is 16.5. The van der Waals surface area contributed by atoms with Crippen LogP contribution in [0.4, 0.5) is 5.69 Å². The van der Waals surface area contributed by atoms with Crippen LogP contribution in [0.15, 0.2) is 18.2 Å². The van der Waals surface area contributed by atoms with Gasteiger partial charge in [0.15, 0.2) is 0 Å². The van der Waals surface area contributed by atoms with Gasteiger partial charge >= 0.3 is 0 Å². The fourth-order valence-electron chi connectivity index (χ4n) is 2.75. The Morgan fingerprint density at radius 1 is 1.36 bits per heavy atom. The van der Waals surface area contributed by atoms with Crippen LogP contribution in [0, 0.1) is 25.7 Å². The van der Waals surface area contributed by atoms with Crippen molar-refractivity contribution in [1.29, 1.82) is 0 Å². The molecule has 1 N–H and O–H groups in total. The molecule has 1 aliphatic rings. The summed E-state index contributed by atoms with van der Waals surface area (Å²) in [5, 5.41) is 2.96. The third-order valence-electron chi connectivity index (χ3n) is 4.17. The van der Waals surface area contributed by atoms with Gasteiger partial charge in [0.1, 0.15) is 0 Å². The van der Waals surface area contributed by atoms with E-state index in [1.807, 2.05) is 32.0 Å². The molecule has 1 fully saturated rings. The van der Waals surface area contributed by atoms with Crippen molar-refractivity contribution in [3.63, 3.8) is 0 Å². The zero-order valence-electron chi connectivity index (χ0n) is 14.0. The number of nitrogens with one attached hydrogen (secondary N) is 1. The molecule has 0 aliphatic carbocycles. The number of nitrogens with zero attached hydrogens (tertiary/aromatic N) is 1. The SMILES string of the molecule is Cc1ccc(C)c(N2CC(C(=O)NCCC(C)C)CC2=O)c1. The van der Waals surface area contributed by atoms with Gasteiger partial charge in [-0.05, 0) is 43.4 Å². The van der Waals surface area contributed by atoms with Crippen molar-refractivity contribution in [3.05, 3.63) is 29.3 Å². The minimum Gasteiger partial charge on any atom is -0.356 e. The first-order valence-electron chi connectivity index (χ1n) is 8.03. The van der Waals surface area contributed by atoms with E-state index in [9.17, 15) is 9.59 Å². The second-order valence-corrected chi connectivity index (χ2v) is 6.67. The lowest BCUT2D eigenvalue weighted by molar-refractivity contribution is -0.126. The minimum atomic E-state index is -0.237. The van der Waals surface area contributed by atoms with Crippen LogP contribution in [-0.4, -0.2) is 24.9 Å². The van der Waals surface area contributed by atoms with E-state index in [2.05, 4.69) is 19.2 Å². The molecule has 1 saturated heterocycles. The molecule has 0 spiro atoms. The summed E-state index contributed by atoms with van der Waals surface area (Å²) >= 11 is 0. The highest BCUT2D eigenvalue weighted by Crippen LogP contribution is 2.28. The Bertz CT molecular complexity index is 566. The standard InChI is InChI=1S/C18H26N2O2/c1-12(2)7-8-19-18(22)15-10-17(21)20(11-15)16-9-13(3)5-6-14(16)4/h5-6,9,12,15H,7-8,10-11H2,1-4H3,(H,19,22). The van der Waals surface area contributed by atoms with Gasteiger partial charge in [-0.15, -0.1) is 0 Å². The van der Waals surface area contributed by atoms with Crippen molar-refractivity contribution >= 4 is 17.5 Å². The Kier molecular flexibility index (Phi) is 5.22. The zero-order chi connectivity index (χ0) is 16.3. The lowest BCUT2D eigenvalue weighted by Gasteiger charge is -2.19. The molecule has 1 heterocycles. The Labute approximate surface area is 132 Å². The molecular formula is C18H26N2O2. The van der Waals surface area contributed by atoms with Gasteiger partial charge < -0.3 is 10.2 Å². The summed E-state index contributed by atoms with van der Waals surface area (Å²) in [7, 11) is 0. The van der Waals surface area contributed by atoms with Crippen LogP contribution < -0.4 is 10.2 Å². The maximum atomic E-state index is 12.3. The van der Waals surface area contributed by atoms with E-state index in [-0.39, 0.29) is 17.7 Å². The van der Waals surface area contributed by atoms with Crippen LogP contribution in [0.1, 0.15) is 37.8 Å². The monoisotopic (exact) mass is 302 g/mol. The first-order chi connectivity index (χ1) is 10.4. The van der Waals surface area contributed by atoms with Gasteiger partial charge in [0.2, 0.25) is 11.8 Å². The lowest BCUT2D eigenvalue weighted by atomic mass is 10.1. The van der Waals surface area contributed by atoms with Crippen LogP contribution in [0.2, 0.25) is 0 Å². The second kappa shape index (κ2) is 6.95. The van der Waals surface area contributed by atoms with E-state index in [1.54, 1.807) is 4.90 Å².